The van der Waals surface area contributed by atoms with E-state index in [-0.39, 0.29) is 5.54 Å². The van der Waals surface area contributed by atoms with Gasteiger partial charge in [-0.15, -0.1) is 0 Å². The summed E-state index contributed by atoms with van der Waals surface area (Å²) < 4.78 is 0. The maximum atomic E-state index is 3.71. The second kappa shape index (κ2) is 6.71. The number of nitrogens with one attached hydrogen (secondary N) is 1. The zero-order valence-electron chi connectivity index (χ0n) is 12.8. The molecule has 0 heterocycles. The molecule has 0 spiro atoms. The first-order valence-electron chi connectivity index (χ1n) is 7.43. The van der Waals surface area contributed by atoms with E-state index in [4.69, 9.17) is 0 Å². The Morgan fingerprint density at radius 1 is 0.900 bits per heavy atom. The summed E-state index contributed by atoms with van der Waals surface area (Å²) in [6.45, 7) is 7.88. The van der Waals surface area contributed by atoms with Gasteiger partial charge in [0, 0.05) is 5.54 Å². The Kier molecular flexibility index (Phi) is 4.97. The summed E-state index contributed by atoms with van der Waals surface area (Å²) in [4.78, 5) is 0. The molecule has 0 saturated carbocycles. The average Bonchev–Trinajstić information content (AvgIpc) is 2.48. The van der Waals surface area contributed by atoms with Crippen molar-refractivity contribution >= 4 is 0 Å². The van der Waals surface area contributed by atoms with Gasteiger partial charge in [-0.25, -0.2) is 0 Å². The first-order valence-corrected chi connectivity index (χ1v) is 7.43. The molecule has 1 heteroatoms. The van der Waals surface area contributed by atoms with Crippen molar-refractivity contribution < 1.29 is 0 Å². The Bertz CT molecular complexity index is 502. The number of benzene rings is 2. The lowest BCUT2D eigenvalue weighted by molar-refractivity contribution is 0.335. The standard InChI is InChI=1S/C19H25N/c1-16(18-12-8-5-9-13-18)19(2,3)20-15-14-17-10-6-4-7-11-17/h4-13,16,20H,14-15H2,1-3H3. The molecule has 20 heavy (non-hydrogen) atoms. The van der Waals surface area contributed by atoms with Crippen LogP contribution in [0, 0.1) is 0 Å². The van der Waals surface area contributed by atoms with Crippen LogP contribution in [0.15, 0.2) is 60.7 Å². The van der Waals surface area contributed by atoms with E-state index in [2.05, 4.69) is 86.8 Å². The molecule has 1 atom stereocenters. The third-order valence-corrected chi connectivity index (χ3v) is 4.22. The summed E-state index contributed by atoms with van der Waals surface area (Å²) in [7, 11) is 0. The first kappa shape index (κ1) is 14.8. The molecule has 1 unspecified atom stereocenters. The van der Waals surface area contributed by atoms with Gasteiger partial charge in [0.25, 0.3) is 0 Å². The lowest BCUT2D eigenvalue weighted by Gasteiger charge is -2.33. The van der Waals surface area contributed by atoms with Gasteiger partial charge in [-0.2, -0.15) is 0 Å². The summed E-state index contributed by atoms with van der Waals surface area (Å²) in [5.41, 5.74) is 2.88. The van der Waals surface area contributed by atoms with E-state index in [9.17, 15) is 0 Å². The molecule has 0 aliphatic heterocycles. The molecule has 0 aliphatic carbocycles. The second-order valence-electron chi connectivity index (χ2n) is 6.02. The highest BCUT2D eigenvalue weighted by Gasteiger charge is 2.25. The smallest absolute Gasteiger partial charge is 0.0191 e. The molecule has 0 aromatic heterocycles. The third-order valence-electron chi connectivity index (χ3n) is 4.22. The lowest BCUT2D eigenvalue weighted by atomic mass is 9.83. The Balaban J connectivity index is 1.90. The largest absolute Gasteiger partial charge is 0.311 e. The normalized spacial score (nSPS) is 13.2. The van der Waals surface area contributed by atoms with E-state index in [1.807, 2.05) is 0 Å². The van der Waals surface area contributed by atoms with Crippen LogP contribution in [0.4, 0.5) is 0 Å². The zero-order valence-corrected chi connectivity index (χ0v) is 12.8. The molecule has 1 N–H and O–H groups in total. The number of hydrogen-bond acceptors (Lipinski definition) is 1. The van der Waals surface area contributed by atoms with Gasteiger partial charge in [-0.05, 0) is 43.9 Å². The van der Waals surface area contributed by atoms with Crippen molar-refractivity contribution in [1.29, 1.82) is 0 Å². The van der Waals surface area contributed by atoms with Crippen molar-refractivity contribution in [3.05, 3.63) is 71.8 Å². The minimum absolute atomic E-state index is 0.0934. The Hall–Kier alpha value is -1.60. The van der Waals surface area contributed by atoms with E-state index >= 15 is 0 Å². The predicted molar refractivity (Wildman–Crippen MR) is 87.1 cm³/mol. The summed E-state index contributed by atoms with van der Waals surface area (Å²) in [6.07, 6.45) is 1.08. The van der Waals surface area contributed by atoms with Crippen LogP contribution in [0.3, 0.4) is 0 Å². The van der Waals surface area contributed by atoms with E-state index in [1.165, 1.54) is 11.1 Å². The summed E-state index contributed by atoms with van der Waals surface area (Å²) in [5, 5.41) is 3.71. The molecule has 0 bridgehead atoms. The fourth-order valence-corrected chi connectivity index (χ4v) is 2.49. The van der Waals surface area contributed by atoms with Crippen molar-refractivity contribution in [3.63, 3.8) is 0 Å². The van der Waals surface area contributed by atoms with Gasteiger partial charge in [0.1, 0.15) is 0 Å². The molecular formula is C19H25N. The van der Waals surface area contributed by atoms with Gasteiger partial charge < -0.3 is 5.32 Å². The fourth-order valence-electron chi connectivity index (χ4n) is 2.49. The van der Waals surface area contributed by atoms with Crippen LogP contribution >= 0.6 is 0 Å². The van der Waals surface area contributed by atoms with E-state index in [1.54, 1.807) is 0 Å². The molecule has 0 radical (unpaired) electrons. The molecule has 2 aromatic carbocycles. The van der Waals surface area contributed by atoms with Gasteiger partial charge in [0.2, 0.25) is 0 Å². The maximum Gasteiger partial charge on any atom is 0.0191 e. The Labute approximate surface area is 123 Å². The minimum atomic E-state index is 0.0934. The zero-order chi connectivity index (χ0) is 14.4. The minimum Gasteiger partial charge on any atom is -0.311 e. The van der Waals surface area contributed by atoms with Gasteiger partial charge in [0.05, 0.1) is 0 Å². The van der Waals surface area contributed by atoms with Crippen molar-refractivity contribution in [2.24, 2.45) is 0 Å². The molecule has 106 valence electrons. The topological polar surface area (TPSA) is 12.0 Å². The molecule has 0 saturated heterocycles. The van der Waals surface area contributed by atoms with Crippen molar-refractivity contribution in [2.45, 2.75) is 38.6 Å². The van der Waals surface area contributed by atoms with Crippen LogP contribution in [0.2, 0.25) is 0 Å². The maximum absolute atomic E-state index is 3.71. The van der Waals surface area contributed by atoms with Crippen molar-refractivity contribution in [2.75, 3.05) is 6.54 Å². The quantitative estimate of drug-likeness (QED) is 0.818. The van der Waals surface area contributed by atoms with Crippen LogP contribution < -0.4 is 5.32 Å². The van der Waals surface area contributed by atoms with Gasteiger partial charge in [0.15, 0.2) is 0 Å². The monoisotopic (exact) mass is 267 g/mol. The molecule has 0 fully saturated rings. The highest BCUT2D eigenvalue weighted by Crippen LogP contribution is 2.27. The van der Waals surface area contributed by atoms with Crippen molar-refractivity contribution in [1.82, 2.24) is 5.32 Å². The molecule has 0 aliphatic rings. The van der Waals surface area contributed by atoms with Gasteiger partial charge in [-0.1, -0.05) is 67.6 Å². The van der Waals surface area contributed by atoms with E-state index in [0.29, 0.717) is 5.92 Å². The van der Waals surface area contributed by atoms with Crippen LogP contribution in [-0.4, -0.2) is 12.1 Å². The first-order chi connectivity index (χ1) is 9.59. The van der Waals surface area contributed by atoms with Crippen LogP contribution in [0.25, 0.3) is 0 Å². The van der Waals surface area contributed by atoms with Crippen LogP contribution in [0.1, 0.15) is 37.8 Å². The molecule has 1 nitrogen and oxygen atoms in total. The van der Waals surface area contributed by atoms with Crippen molar-refractivity contribution in [3.8, 4) is 0 Å². The lowest BCUT2D eigenvalue weighted by Crippen LogP contribution is -2.44. The molecular weight excluding hydrogens is 242 g/mol. The second-order valence-corrected chi connectivity index (χ2v) is 6.02. The third kappa shape index (κ3) is 3.94. The highest BCUT2D eigenvalue weighted by molar-refractivity contribution is 5.22. The Morgan fingerprint density at radius 2 is 1.45 bits per heavy atom. The molecule has 2 rings (SSSR count). The highest BCUT2D eigenvalue weighted by atomic mass is 15.0. The summed E-state index contributed by atoms with van der Waals surface area (Å²) in [6, 6.07) is 21.4. The van der Waals surface area contributed by atoms with Crippen LogP contribution in [0.5, 0.6) is 0 Å². The fraction of sp³-hybridized carbons (Fsp3) is 0.368. The molecule has 0 amide bonds. The SMILES string of the molecule is CC(c1ccccc1)C(C)(C)NCCc1ccccc1. The van der Waals surface area contributed by atoms with E-state index in [0.717, 1.165) is 13.0 Å². The van der Waals surface area contributed by atoms with Gasteiger partial charge in [-0.3, -0.25) is 0 Å². The number of hydrogen-bond donors (Lipinski definition) is 1. The average molecular weight is 267 g/mol. The molecule has 2 aromatic rings. The van der Waals surface area contributed by atoms with Crippen LogP contribution in [-0.2, 0) is 6.42 Å². The van der Waals surface area contributed by atoms with Gasteiger partial charge >= 0.3 is 0 Å². The van der Waals surface area contributed by atoms with E-state index < -0.39 is 0 Å². The summed E-state index contributed by atoms with van der Waals surface area (Å²) in [5.74, 6) is 0.486. The summed E-state index contributed by atoms with van der Waals surface area (Å²) >= 11 is 0. The predicted octanol–water partition coefficient (Wildman–Crippen LogP) is 4.40. The number of rotatable bonds is 6. The Morgan fingerprint density at radius 3 is 2.05 bits per heavy atom.